The van der Waals surface area contributed by atoms with Gasteiger partial charge in [-0.2, -0.15) is 0 Å². The van der Waals surface area contributed by atoms with Crippen molar-refractivity contribution in [3.63, 3.8) is 0 Å². The first-order valence-electron chi connectivity index (χ1n) is 6.80. The van der Waals surface area contributed by atoms with E-state index >= 15 is 0 Å². The standard InChI is InChI=1S/C15H17NO5/c1-3-15(4-2)8-12(18)16(14(15)21)9-5-6-11(17)10(7-9)13(19)20/h5-7,17H,3-4,8H2,1-2H3,(H,19,20). The van der Waals surface area contributed by atoms with E-state index in [1.165, 1.54) is 12.1 Å². The third kappa shape index (κ3) is 2.26. The summed E-state index contributed by atoms with van der Waals surface area (Å²) in [5.74, 6) is -2.36. The van der Waals surface area contributed by atoms with Crippen molar-refractivity contribution in [1.29, 1.82) is 0 Å². The molecule has 1 fully saturated rings. The van der Waals surface area contributed by atoms with Crippen LogP contribution in [0.25, 0.3) is 0 Å². The van der Waals surface area contributed by atoms with Gasteiger partial charge in [-0.25, -0.2) is 4.79 Å². The van der Waals surface area contributed by atoms with Gasteiger partial charge < -0.3 is 10.2 Å². The first-order chi connectivity index (χ1) is 9.86. The van der Waals surface area contributed by atoms with E-state index in [1.807, 2.05) is 13.8 Å². The molecule has 0 aromatic heterocycles. The summed E-state index contributed by atoms with van der Waals surface area (Å²) in [5, 5.41) is 18.5. The molecule has 2 rings (SSSR count). The number of aromatic carboxylic acids is 1. The highest BCUT2D eigenvalue weighted by molar-refractivity contribution is 6.22. The van der Waals surface area contributed by atoms with Gasteiger partial charge in [0.2, 0.25) is 11.8 Å². The van der Waals surface area contributed by atoms with Gasteiger partial charge in [-0.1, -0.05) is 13.8 Å². The average molecular weight is 291 g/mol. The molecule has 1 aliphatic rings. The second-order valence-corrected chi connectivity index (χ2v) is 5.21. The molecule has 21 heavy (non-hydrogen) atoms. The zero-order valence-electron chi connectivity index (χ0n) is 11.9. The third-order valence-electron chi connectivity index (χ3n) is 4.22. The molecular formula is C15H17NO5. The van der Waals surface area contributed by atoms with Gasteiger partial charge in [-0.15, -0.1) is 0 Å². The first-order valence-corrected chi connectivity index (χ1v) is 6.80. The summed E-state index contributed by atoms with van der Waals surface area (Å²) < 4.78 is 0. The maximum Gasteiger partial charge on any atom is 0.339 e. The monoisotopic (exact) mass is 291 g/mol. The number of carbonyl (C=O) groups is 3. The van der Waals surface area contributed by atoms with Crippen LogP contribution in [0.5, 0.6) is 5.75 Å². The van der Waals surface area contributed by atoms with E-state index < -0.39 is 17.1 Å². The summed E-state index contributed by atoms with van der Waals surface area (Å²) in [7, 11) is 0. The van der Waals surface area contributed by atoms with Crippen LogP contribution in [0.4, 0.5) is 5.69 Å². The zero-order valence-corrected chi connectivity index (χ0v) is 11.9. The second-order valence-electron chi connectivity index (χ2n) is 5.21. The molecule has 0 radical (unpaired) electrons. The molecule has 0 atom stereocenters. The van der Waals surface area contributed by atoms with E-state index in [1.54, 1.807) is 0 Å². The van der Waals surface area contributed by atoms with Crippen LogP contribution in [0.1, 0.15) is 43.5 Å². The van der Waals surface area contributed by atoms with E-state index in [2.05, 4.69) is 0 Å². The number of nitrogens with zero attached hydrogens (tertiary/aromatic N) is 1. The molecule has 1 aliphatic heterocycles. The maximum absolute atomic E-state index is 12.6. The lowest BCUT2D eigenvalue weighted by Crippen LogP contribution is -2.35. The van der Waals surface area contributed by atoms with Crippen molar-refractivity contribution >= 4 is 23.5 Å². The molecule has 0 aliphatic carbocycles. The molecule has 1 aromatic carbocycles. The van der Waals surface area contributed by atoms with Gasteiger partial charge in [0.1, 0.15) is 11.3 Å². The molecular weight excluding hydrogens is 274 g/mol. The lowest BCUT2D eigenvalue weighted by Gasteiger charge is -2.23. The number of rotatable bonds is 4. The fraction of sp³-hybridized carbons (Fsp3) is 0.400. The van der Waals surface area contributed by atoms with Crippen molar-refractivity contribution in [2.75, 3.05) is 4.90 Å². The summed E-state index contributed by atoms with van der Waals surface area (Å²) >= 11 is 0. The van der Waals surface area contributed by atoms with E-state index in [0.717, 1.165) is 11.0 Å². The van der Waals surface area contributed by atoms with E-state index in [9.17, 15) is 19.5 Å². The van der Waals surface area contributed by atoms with Crippen LogP contribution in [0.15, 0.2) is 18.2 Å². The van der Waals surface area contributed by atoms with Crippen molar-refractivity contribution in [2.24, 2.45) is 5.41 Å². The number of imide groups is 1. The fourth-order valence-electron chi connectivity index (χ4n) is 2.69. The number of amides is 2. The van der Waals surface area contributed by atoms with Crippen molar-refractivity contribution in [1.82, 2.24) is 0 Å². The Morgan fingerprint density at radius 2 is 1.90 bits per heavy atom. The Balaban J connectivity index is 2.48. The number of hydrogen-bond acceptors (Lipinski definition) is 4. The summed E-state index contributed by atoms with van der Waals surface area (Å²) in [6.07, 6.45) is 1.23. The number of carbonyl (C=O) groups excluding carboxylic acids is 2. The molecule has 6 nitrogen and oxygen atoms in total. The quantitative estimate of drug-likeness (QED) is 0.829. The molecule has 0 bridgehead atoms. The molecule has 1 saturated heterocycles. The van der Waals surface area contributed by atoms with Gasteiger partial charge in [0.05, 0.1) is 11.1 Å². The lowest BCUT2D eigenvalue weighted by atomic mass is 9.81. The fourth-order valence-corrected chi connectivity index (χ4v) is 2.69. The van der Waals surface area contributed by atoms with Crippen LogP contribution in [0.3, 0.4) is 0 Å². The van der Waals surface area contributed by atoms with Crippen LogP contribution in [0, 0.1) is 5.41 Å². The minimum Gasteiger partial charge on any atom is -0.507 e. The minimum atomic E-state index is -1.31. The smallest absolute Gasteiger partial charge is 0.339 e. The number of phenols is 1. The molecule has 2 amide bonds. The SMILES string of the molecule is CCC1(CC)CC(=O)N(c2ccc(O)c(C(=O)O)c2)C1=O. The average Bonchev–Trinajstić information content (AvgIpc) is 2.71. The second kappa shape index (κ2) is 5.20. The molecule has 0 spiro atoms. The van der Waals surface area contributed by atoms with Crippen molar-refractivity contribution in [3.8, 4) is 5.75 Å². The molecule has 0 saturated carbocycles. The highest BCUT2D eigenvalue weighted by Gasteiger charge is 2.49. The predicted molar refractivity (Wildman–Crippen MR) is 75.2 cm³/mol. The van der Waals surface area contributed by atoms with Crippen LogP contribution in [-0.2, 0) is 9.59 Å². The highest BCUT2D eigenvalue weighted by Crippen LogP contribution is 2.41. The Hall–Kier alpha value is -2.37. The Bertz CT molecular complexity index is 618. The number of benzene rings is 1. The van der Waals surface area contributed by atoms with Crippen LogP contribution in [-0.4, -0.2) is 28.0 Å². The Morgan fingerprint density at radius 1 is 1.29 bits per heavy atom. The lowest BCUT2D eigenvalue weighted by molar-refractivity contribution is -0.126. The normalized spacial score (nSPS) is 17.3. The van der Waals surface area contributed by atoms with Gasteiger partial charge in [0.15, 0.2) is 0 Å². The molecule has 6 heteroatoms. The Kier molecular flexibility index (Phi) is 3.72. The molecule has 2 N–H and O–H groups in total. The minimum absolute atomic E-state index is 0.127. The van der Waals surface area contributed by atoms with E-state index in [0.29, 0.717) is 12.8 Å². The van der Waals surface area contributed by atoms with Gasteiger partial charge >= 0.3 is 5.97 Å². The summed E-state index contributed by atoms with van der Waals surface area (Å²) in [6.45, 7) is 3.72. The Labute approximate surface area is 122 Å². The summed E-state index contributed by atoms with van der Waals surface area (Å²) in [4.78, 5) is 36.8. The summed E-state index contributed by atoms with van der Waals surface area (Å²) in [5.41, 5.74) is -0.860. The highest BCUT2D eigenvalue weighted by atomic mass is 16.4. The number of anilines is 1. The van der Waals surface area contributed by atoms with Crippen LogP contribution >= 0.6 is 0 Å². The predicted octanol–water partition coefficient (Wildman–Crippen LogP) is 2.16. The van der Waals surface area contributed by atoms with Gasteiger partial charge in [0, 0.05) is 6.42 Å². The third-order valence-corrected chi connectivity index (χ3v) is 4.22. The van der Waals surface area contributed by atoms with Crippen molar-refractivity contribution < 1.29 is 24.6 Å². The zero-order chi connectivity index (χ0) is 15.8. The van der Waals surface area contributed by atoms with Gasteiger partial charge in [-0.3, -0.25) is 14.5 Å². The largest absolute Gasteiger partial charge is 0.507 e. The van der Waals surface area contributed by atoms with E-state index in [-0.39, 0.29) is 29.5 Å². The van der Waals surface area contributed by atoms with E-state index in [4.69, 9.17) is 5.11 Å². The van der Waals surface area contributed by atoms with Gasteiger partial charge in [0.25, 0.3) is 0 Å². The van der Waals surface area contributed by atoms with Crippen molar-refractivity contribution in [3.05, 3.63) is 23.8 Å². The van der Waals surface area contributed by atoms with Crippen LogP contribution in [0.2, 0.25) is 0 Å². The van der Waals surface area contributed by atoms with Crippen LogP contribution < -0.4 is 4.90 Å². The number of carboxylic acids is 1. The molecule has 1 heterocycles. The first kappa shape index (κ1) is 15.0. The molecule has 112 valence electrons. The molecule has 0 unspecified atom stereocenters. The molecule has 1 aromatic rings. The maximum atomic E-state index is 12.6. The Morgan fingerprint density at radius 3 is 2.38 bits per heavy atom. The number of aromatic hydroxyl groups is 1. The van der Waals surface area contributed by atoms with Crippen molar-refractivity contribution in [2.45, 2.75) is 33.1 Å². The van der Waals surface area contributed by atoms with Gasteiger partial charge in [-0.05, 0) is 31.0 Å². The number of carboxylic acid groups (broad SMARTS) is 1. The number of hydrogen-bond donors (Lipinski definition) is 2. The topological polar surface area (TPSA) is 94.9 Å². The summed E-state index contributed by atoms with van der Waals surface area (Å²) in [6, 6.07) is 3.70.